The number of aliphatic hydroxyl groups excluding tert-OH is 2. The van der Waals surface area contributed by atoms with Gasteiger partial charge in [0.1, 0.15) is 9.35 Å². The van der Waals surface area contributed by atoms with Crippen molar-refractivity contribution in [2.45, 2.75) is 23.9 Å². The molecule has 0 radical (unpaired) electrons. The summed E-state index contributed by atoms with van der Waals surface area (Å²) in [5, 5.41) is 29.8. The molecule has 0 bridgehead atoms. The lowest BCUT2D eigenvalue weighted by Gasteiger charge is -2.10. The Kier molecular flexibility index (Phi) is 7.33. The Hall–Kier alpha value is -1.52. The molecule has 0 amide bonds. The van der Waals surface area contributed by atoms with Gasteiger partial charge in [-0.2, -0.15) is 0 Å². The highest BCUT2D eigenvalue weighted by atomic mass is 32.2. The number of thiocarbonyl (C=S) groups is 1. The van der Waals surface area contributed by atoms with Gasteiger partial charge in [-0.1, -0.05) is 24.0 Å². The van der Waals surface area contributed by atoms with Crippen molar-refractivity contribution in [3.05, 3.63) is 69.0 Å². The van der Waals surface area contributed by atoms with Gasteiger partial charge in [-0.3, -0.25) is 10.1 Å². The Morgan fingerprint density at radius 2 is 1.72 bits per heavy atom. The summed E-state index contributed by atoms with van der Waals surface area (Å²) < 4.78 is 13.4. The molecule has 2 N–H and O–H groups in total. The van der Waals surface area contributed by atoms with E-state index in [-0.39, 0.29) is 30.5 Å². The highest BCUT2D eigenvalue weighted by Gasteiger charge is 2.18. The Balaban J connectivity index is 2.11. The molecule has 25 heavy (non-hydrogen) atoms. The quantitative estimate of drug-likeness (QED) is 0.328. The van der Waals surface area contributed by atoms with Gasteiger partial charge in [0, 0.05) is 22.3 Å². The maximum Gasteiger partial charge on any atom is 0.273 e. The molecule has 0 saturated carbocycles. The van der Waals surface area contributed by atoms with E-state index < -0.39 is 4.92 Å². The predicted molar refractivity (Wildman–Crippen MR) is 101 cm³/mol. The molecular weight excluding hydrogens is 385 g/mol. The van der Waals surface area contributed by atoms with Gasteiger partial charge in [0.2, 0.25) is 0 Å². The Bertz CT molecular complexity index is 784. The fraction of sp³-hybridized carbons (Fsp3) is 0.188. The number of hydrogen-bond donors (Lipinski definition) is 2. The molecule has 0 unspecified atom stereocenters. The highest BCUT2D eigenvalue weighted by Crippen LogP contribution is 2.32. The Labute approximate surface area is 157 Å². The summed E-state index contributed by atoms with van der Waals surface area (Å²) in [6.45, 7) is -0.705. The van der Waals surface area contributed by atoms with Crippen molar-refractivity contribution < 1.29 is 19.5 Å². The van der Waals surface area contributed by atoms with Crippen LogP contribution in [0.15, 0.2) is 41.3 Å². The van der Waals surface area contributed by atoms with E-state index in [0.717, 1.165) is 4.90 Å². The van der Waals surface area contributed by atoms with Crippen LogP contribution in [0.1, 0.15) is 16.7 Å². The molecule has 2 rings (SSSR count). The van der Waals surface area contributed by atoms with Crippen LogP contribution in [0, 0.1) is 15.9 Å². The van der Waals surface area contributed by atoms with Gasteiger partial charge in [-0.15, -0.1) is 11.8 Å². The third-order valence-electron chi connectivity index (χ3n) is 3.30. The molecule has 5 nitrogen and oxygen atoms in total. The van der Waals surface area contributed by atoms with E-state index in [2.05, 4.69) is 0 Å². The Morgan fingerprint density at radius 1 is 1.12 bits per heavy atom. The van der Waals surface area contributed by atoms with E-state index in [0.29, 0.717) is 20.2 Å². The number of nitro groups is 1. The number of nitro benzene ring substituents is 1. The summed E-state index contributed by atoms with van der Waals surface area (Å²) in [5.74, 6) is -0.0822. The molecule has 2 aromatic carbocycles. The molecule has 0 atom stereocenters. The molecule has 0 aromatic heterocycles. The van der Waals surface area contributed by atoms with Crippen molar-refractivity contribution in [2.24, 2.45) is 0 Å². The van der Waals surface area contributed by atoms with Crippen molar-refractivity contribution in [3.8, 4) is 0 Å². The number of rotatable bonds is 6. The fourth-order valence-electron chi connectivity index (χ4n) is 2.07. The lowest BCUT2D eigenvalue weighted by Crippen LogP contribution is -2.02. The van der Waals surface area contributed by atoms with Crippen molar-refractivity contribution in [1.82, 2.24) is 0 Å². The van der Waals surface area contributed by atoms with Crippen LogP contribution in [0.3, 0.4) is 0 Å². The van der Waals surface area contributed by atoms with Gasteiger partial charge in [-0.05, 0) is 41.5 Å². The molecule has 2 aromatic rings. The summed E-state index contributed by atoms with van der Waals surface area (Å²) in [5.41, 5.74) is 1.06. The number of halogens is 1. The molecule has 0 heterocycles. The minimum atomic E-state index is -0.521. The summed E-state index contributed by atoms with van der Waals surface area (Å²) in [6, 6.07) is 8.67. The van der Waals surface area contributed by atoms with Crippen molar-refractivity contribution in [1.29, 1.82) is 0 Å². The number of benzene rings is 2. The first kappa shape index (κ1) is 19.8. The molecule has 9 heteroatoms. The zero-order valence-corrected chi connectivity index (χ0v) is 15.3. The molecule has 0 aliphatic rings. The van der Waals surface area contributed by atoms with Crippen LogP contribution in [-0.4, -0.2) is 18.7 Å². The minimum absolute atomic E-state index is 0.122. The standard InChI is InChI=1S/C16H14FNO4S3/c17-13-1-3-14(4-2-13)25-16(23)24-9-12-5-10(7-19)11(8-20)6-15(12)18(21)22/h1-6,19-20H,7-9H2. The summed E-state index contributed by atoms with van der Waals surface area (Å²) in [7, 11) is 0. The first-order chi connectivity index (χ1) is 11.9. The molecular formula is C16H14FNO4S3. The molecule has 0 fully saturated rings. The fourth-order valence-corrected chi connectivity index (χ4v) is 4.21. The smallest absolute Gasteiger partial charge is 0.273 e. The van der Waals surface area contributed by atoms with Crippen molar-refractivity contribution >= 4 is 45.0 Å². The monoisotopic (exact) mass is 399 g/mol. The molecule has 0 spiro atoms. The second kappa shape index (κ2) is 9.25. The van der Waals surface area contributed by atoms with Crippen LogP contribution in [0.5, 0.6) is 0 Å². The lowest BCUT2D eigenvalue weighted by molar-refractivity contribution is -0.385. The SMILES string of the molecule is O=[N+]([O-])c1cc(CO)c(CO)cc1CSC(=S)Sc1ccc(F)cc1. The highest BCUT2D eigenvalue weighted by molar-refractivity contribution is 8.46. The minimum Gasteiger partial charge on any atom is -0.392 e. The van der Waals surface area contributed by atoms with E-state index in [9.17, 15) is 24.7 Å². The van der Waals surface area contributed by atoms with Crippen LogP contribution in [-0.2, 0) is 19.0 Å². The summed E-state index contributed by atoms with van der Waals surface area (Å²) >= 11 is 7.78. The molecule has 0 saturated heterocycles. The largest absolute Gasteiger partial charge is 0.392 e. The van der Waals surface area contributed by atoms with Crippen LogP contribution in [0.4, 0.5) is 10.1 Å². The van der Waals surface area contributed by atoms with Gasteiger partial charge in [0.25, 0.3) is 5.69 Å². The van der Waals surface area contributed by atoms with Crippen LogP contribution in [0.2, 0.25) is 0 Å². The third kappa shape index (κ3) is 5.48. The van der Waals surface area contributed by atoms with Crippen LogP contribution >= 0.6 is 35.7 Å². The molecule has 132 valence electrons. The van der Waals surface area contributed by atoms with E-state index in [1.54, 1.807) is 12.1 Å². The van der Waals surface area contributed by atoms with Crippen LogP contribution in [0.25, 0.3) is 0 Å². The number of nitrogens with zero attached hydrogens (tertiary/aromatic N) is 1. The zero-order valence-electron chi connectivity index (χ0n) is 12.8. The first-order valence-electron chi connectivity index (χ1n) is 7.05. The lowest BCUT2D eigenvalue weighted by atomic mass is 10.0. The molecule has 0 aliphatic heterocycles. The molecule has 0 aliphatic carbocycles. The first-order valence-corrected chi connectivity index (χ1v) is 9.26. The van der Waals surface area contributed by atoms with Gasteiger partial charge >= 0.3 is 0 Å². The van der Waals surface area contributed by atoms with E-state index in [1.807, 2.05) is 0 Å². The van der Waals surface area contributed by atoms with E-state index >= 15 is 0 Å². The van der Waals surface area contributed by atoms with Gasteiger partial charge < -0.3 is 10.2 Å². The average molecular weight is 399 g/mol. The van der Waals surface area contributed by atoms with E-state index in [4.69, 9.17) is 12.2 Å². The maximum atomic E-state index is 12.9. The summed E-state index contributed by atoms with van der Waals surface area (Å²) in [6.07, 6.45) is 0. The number of hydrogen-bond acceptors (Lipinski definition) is 7. The number of thioether (sulfide) groups is 2. The Morgan fingerprint density at radius 3 is 2.28 bits per heavy atom. The van der Waals surface area contributed by atoms with Crippen molar-refractivity contribution in [2.75, 3.05) is 0 Å². The summed E-state index contributed by atoms with van der Waals surface area (Å²) in [4.78, 5) is 11.5. The average Bonchev–Trinajstić information content (AvgIpc) is 2.60. The van der Waals surface area contributed by atoms with Crippen LogP contribution < -0.4 is 0 Å². The zero-order chi connectivity index (χ0) is 18.4. The second-order valence-corrected chi connectivity index (χ2v) is 8.17. The normalized spacial score (nSPS) is 10.7. The van der Waals surface area contributed by atoms with Crippen molar-refractivity contribution in [3.63, 3.8) is 0 Å². The van der Waals surface area contributed by atoms with E-state index in [1.165, 1.54) is 47.8 Å². The van der Waals surface area contributed by atoms with Gasteiger partial charge in [0.05, 0.1) is 18.1 Å². The predicted octanol–water partition coefficient (Wildman–Crippen LogP) is 4.03. The maximum absolute atomic E-state index is 12.9. The topological polar surface area (TPSA) is 83.6 Å². The second-order valence-electron chi connectivity index (χ2n) is 4.92. The van der Waals surface area contributed by atoms with Gasteiger partial charge in [0.15, 0.2) is 0 Å². The third-order valence-corrected chi connectivity index (χ3v) is 5.87. The van der Waals surface area contributed by atoms with Gasteiger partial charge in [-0.25, -0.2) is 4.39 Å². The number of aliphatic hydroxyl groups is 2.